The Hall–Kier alpha value is -1.30. The van der Waals surface area contributed by atoms with E-state index >= 15 is 0 Å². The molecule has 0 aromatic heterocycles. The summed E-state index contributed by atoms with van der Waals surface area (Å²) < 4.78 is 5.61. The van der Waals surface area contributed by atoms with Gasteiger partial charge in [0, 0.05) is 19.5 Å². The van der Waals surface area contributed by atoms with E-state index in [0.717, 1.165) is 12.8 Å². The number of hydrogen-bond donors (Lipinski definition) is 3. The predicted octanol–water partition coefficient (Wildman–Crippen LogP) is 1.50. The number of aliphatic carboxylic acids is 1. The number of ether oxygens (including phenoxy) is 1. The van der Waals surface area contributed by atoms with Gasteiger partial charge in [-0.25, -0.2) is 4.79 Å². The highest BCUT2D eigenvalue weighted by Gasteiger charge is 2.14. The first-order chi connectivity index (χ1) is 9.18. The van der Waals surface area contributed by atoms with E-state index in [1.807, 2.05) is 0 Å². The molecule has 2 amide bonds. The largest absolute Gasteiger partial charge is 0.481 e. The molecular formula is C13H24N2O4. The average Bonchev–Trinajstić information content (AvgIpc) is 2.87. The maximum Gasteiger partial charge on any atom is 0.314 e. The quantitative estimate of drug-likeness (QED) is 0.555. The van der Waals surface area contributed by atoms with Crippen molar-refractivity contribution in [2.45, 2.75) is 51.0 Å². The fraction of sp³-hybridized carbons (Fsp3) is 0.846. The molecule has 110 valence electrons. The number of carboxylic acid groups (broad SMARTS) is 1. The van der Waals surface area contributed by atoms with Gasteiger partial charge in [-0.2, -0.15) is 0 Å². The van der Waals surface area contributed by atoms with Crippen LogP contribution >= 0.6 is 0 Å². The highest BCUT2D eigenvalue weighted by molar-refractivity contribution is 5.73. The fourth-order valence-electron chi connectivity index (χ4n) is 2.11. The molecule has 1 saturated carbocycles. The zero-order valence-corrected chi connectivity index (χ0v) is 11.3. The van der Waals surface area contributed by atoms with Crippen LogP contribution in [0.25, 0.3) is 0 Å². The zero-order valence-electron chi connectivity index (χ0n) is 11.3. The molecule has 0 unspecified atom stereocenters. The maximum absolute atomic E-state index is 11.3. The van der Waals surface area contributed by atoms with Crippen molar-refractivity contribution in [2.24, 2.45) is 0 Å². The average molecular weight is 272 g/mol. The molecule has 3 N–H and O–H groups in total. The van der Waals surface area contributed by atoms with Crippen LogP contribution in [0.3, 0.4) is 0 Å². The summed E-state index contributed by atoms with van der Waals surface area (Å²) in [6.07, 6.45) is 6.55. The van der Waals surface area contributed by atoms with Gasteiger partial charge in [-0.05, 0) is 25.7 Å². The van der Waals surface area contributed by atoms with Gasteiger partial charge >= 0.3 is 12.0 Å². The molecule has 1 aliphatic carbocycles. The summed E-state index contributed by atoms with van der Waals surface area (Å²) in [5, 5.41) is 13.8. The first kappa shape index (κ1) is 15.8. The van der Waals surface area contributed by atoms with E-state index in [-0.39, 0.29) is 12.5 Å². The number of unbranched alkanes of at least 4 members (excludes halogenated alkanes) is 1. The smallest absolute Gasteiger partial charge is 0.314 e. The number of carbonyl (C=O) groups excluding carboxylic acids is 1. The van der Waals surface area contributed by atoms with Crippen molar-refractivity contribution in [1.29, 1.82) is 0 Å². The van der Waals surface area contributed by atoms with Crippen LogP contribution in [0.15, 0.2) is 0 Å². The van der Waals surface area contributed by atoms with E-state index in [2.05, 4.69) is 10.6 Å². The summed E-state index contributed by atoms with van der Waals surface area (Å²) >= 11 is 0. The Labute approximate surface area is 113 Å². The van der Waals surface area contributed by atoms with E-state index in [1.54, 1.807) is 0 Å². The minimum Gasteiger partial charge on any atom is -0.481 e. The molecule has 1 aliphatic rings. The van der Waals surface area contributed by atoms with Gasteiger partial charge in [-0.15, -0.1) is 0 Å². The van der Waals surface area contributed by atoms with Crippen LogP contribution in [0.2, 0.25) is 0 Å². The third-order valence-corrected chi connectivity index (χ3v) is 3.15. The number of rotatable bonds is 9. The van der Waals surface area contributed by atoms with Gasteiger partial charge in [-0.3, -0.25) is 4.79 Å². The van der Waals surface area contributed by atoms with Crippen LogP contribution in [0.4, 0.5) is 4.79 Å². The molecule has 19 heavy (non-hydrogen) atoms. The molecule has 1 fully saturated rings. The second kappa shape index (κ2) is 9.61. The number of carbonyl (C=O) groups is 2. The Bertz CT molecular complexity index is 278. The lowest BCUT2D eigenvalue weighted by Crippen LogP contribution is -2.38. The van der Waals surface area contributed by atoms with E-state index in [9.17, 15) is 9.59 Å². The van der Waals surface area contributed by atoms with Gasteiger partial charge in [-0.1, -0.05) is 12.8 Å². The summed E-state index contributed by atoms with van der Waals surface area (Å²) in [4.78, 5) is 21.6. The van der Waals surface area contributed by atoms with Gasteiger partial charge in [0.2, 0.25) is 0 Å². The molecule has 0 aliphatic heterocycles. The minimum absolute atomic E-state index is 0.151. The summed E-state index contributed by atoms with van der Waals surface area (Å²) in [5.41, 5.74) is 0. The lowest BCUT2D eigenvalue weighted by Gasteiger charge is -2.11. The standard InChI is InChI=1S/C13H24N2O4/c16-12(17)7-3-4-8-14-13(18)15-9-10-19-11-5-1-2-6-11/h11H,1-10H2,(H,16,17)(H2,14,15,18). The zero-order chi connectivity index (χ0) is 13.9. The molecule has 0 bridgehead atoms. The summed E-state index contributed by atoms with van der Waals surface area (Å²) in [6.45, 7) is 1.57. The molecule has 0 atom stereocenters. The van der Waals surface area contributed by atoms with Crippen molar-refractivity contribution >= 4 is 12.0 Å². The number of hydrogen-bond acceptors (Lipinski definition) is 3. The Morgan fingerprint density at radius 3 is 2.47 bits per heavy atom. The molecule has 0 saturated heterocycles. The lowest BCUT2D eigenvalue weighted by atomic mass is 10.2. The van der Waals surface area contributed by atoms with Gasteiger partial charge < -0.3 is 20.5 Å². The molecule has 0 heterocycles. The molecular weight excluding hydrogens is 248 g/mol. The lowest BCUT2D eigenvalue weighted by molar-refractivity contribution is -0.137. The van der Waals surface area contributed by atoms with E-state index < -0.39 is 5.97 Å². The van der Waals surface area contributed by atoms with Crippen LogP contribution in [-0.4, -0.2) is 42.9 Å². The van der Waals surface area contributed by atoms with Gasteiger partial charge in [0.25, 0.3) is 0 Å². The van der Waals surface area contributed by atoms with Gasteiger partial charge in [0.1, 0.15) is 0 Å². The van der Waals surface area contributed by atoms with Crippen molar-refractivity contribution in [3.8, 4) is 0 Å². The molecule has 0 aromatic carbocycles. The Balaban J connectivity index is 1.86. The highest BCUT2D eigenvalue weighted by Crippen LogP contribution is 2.20. The summed E-state index contributed by atoms with van der Waals surface area (Å²) in [6, 6.07) is -0.217. The van der Waals surface area contributed by atoms with Crippen molar-refractivity contribution in [3.63, 3.8) is 0 Å². The SMILES string of the molecule is O=C(O)CCCCNC(=O)NCCOC1CCCC1. The topological polar surface area (TPSA) is 87.7 Å². The summed E-state index contributed by atoms with van der Waals surface area (Å²) in [5.74, 6) is -0.798. The molecule has 0 aromatic rings. The van der Waals surface area contributed by atoms with Crippen LogP contribution < -0.4 is 10.6 Å². The van der Waals surface area contributed by atoms with E-state index in [1.165, 1.54) is 12.8 Å². The number of nitrogens with one attached hydrogen (secondary N) is 2. The maximum atomic E-state index is 11.3. The minimum atomic E-state index is -0.798. The van der Waals surface area contributed by atoms with Crippen molar-refractivity contribution in [2.75, 3.05) is 19.7 Å². The molecule has 1 rings (SSSR count). The third kappa shape index (κ3) is 8.42. The number of amides is 2. The normalized spacial score (nSPS) is 15.4. The summed E-state index contributed by atoms with van der Waals surface area (Å²) in [7, 11) is 0. The van der Waals surface area contributed by atoms with Crippen LogP contribution in [0, 0.1) is 0 Å². The first-order valence-electron chi connectivity index (χ1n) is 7.03. The molecule has 0 radical (unpaired) electrons. The predicted molar refractivity (Wildman–Crippen MR) is 71.1 cm³/mol. The van der Waals surface area contributed by atoms with Crippen molar-refractivity contribution in [1.82, 2.24) is 10.6 Å². The van der Waals surface area contributed by atoms with Crippen LogP contribution in [0.5, 0.6) is 0 Å². The Morgan fingerprint density at radius 2 is 1.79 bits per heavy atom. The molecule has 0 spiro atoms. The van der Waals surface area contributed by atoms with Crippen LogP contribution in [0.1, 0.15) is 44.9 Å². The Kier molecular flexibility index (Phi) is 7.97. The van der Waals surface area contributed by atoms with E-state index in [4.69, 9.17) is 9.84 Å². The number of urea groups is 1. The van der Waals surface area contributed by atoms with Crippen molar-refractivity contribution in [3.05, 3.63) is 0 Å². The fourth-order valence-corrected chi connectivity index (χ4v) is 2.11. The van der Waals surface area contributed by atoms with Crippen LogP contribution in [-0.2, 0) is 9.53 Å². The van der Waals surface area contributed by atoms with E-state index in [0.29, 0.717) is 38.6 Å². The number of carboxylic acids is 1. The van der Waals surface area contributed by atoms with Gasteiger partial charge in [0.15, 0.2) is 0 Å². The van der Waals surface area contributed by atoms with Gasteiger partial charge in [0.05, 0.1) is 12.7 Å². The molecule has 6 nitrogen and oxygen atoms in total. The second-order valence-electron chi connectivity index (χ2n) is 4.81. The van der Waals surface area contributed by atoms with Crippen molar-refractivity contribution < 1.29 is 19.4 Å². The molecule has 6 heteroatoms. The Morgan fingerprint density at radius 1 is 1.11 bits per heavy atom. The second-order valence-corrected chi connectivity index (χ2v) is 4.81. The highest BCUT2D eigenvalue weighted by atomic mass is 16.5. The first-order valence-corrected chi connectivity index (χ1v) is 7.03. The third-order valence-electron chi connectivity index (χ3n) is 3.15. The monoisotopic (exact) mass is 272 g/mol.